The second-order valence-corrected chi connectivity index (χ2v) is 7.55. The molecule has 0 unspecified atom stereocenters. The van der Waals surface area contributed by atoms with E-state index in [9.17, 15) is 0 Å². The molecule has 4 rings (SSSR count). The Bertz CT molecular complexity index is 833. The van der Waals surface area contributed by atoms with Gasteiger partial charge in [0.1, 0.15) is 0 Å². The number of fused-ring (bicyclic) bond motifs is 1. The summed E-state index contributed by atoms with van der Waals surface area (Å²) in [5.41, 5.74) is 2.66. The van der Waals surface area contributed by atoms with Crippen molar-refractivity contribution >= 4 is 5.96 Å². The molecule has 0 radical (unpaired) electrons. The molecule has 2 N–H and O–H groups in total. The van der Waals surface area contributed by atoms with Gasteiger partial charge < -0.3 is 24.8 Å². The van der Waals surface area contributed by atoms with Crippen LogP contribution in [0.1, 0.15) is 24.0 Å². The van der Waals surface area contributed by atoms with Crippen molar-refractivity contribution in [2.45, 2.75) is 24.7 Å². The zero-order valence-electron chi connectivity index (χ0n) is 16.9. The topological polar surface area (TPSA) is 64.1 Å². The van der Waals surface area contributed by atoms with E-state index < -0.39 is 0 Å². The summed E-state index contributed by atoms with van der Waals surface area (Å²) >= 11 is 0. The van der Waals surface area contributed by atoms with Crippen LogP contribution in [-0.4, -0.2) is 46.1 Å². The van der Waals surface area contributed by atoms with Crippen LogP contribution in [0.5, 0.6) is 11.5 Å². The summed E-state index contributed by atoms with van der Waals surface area (Å²) in [6.45, 7) is 3.53. The molecule has 2 aromatic rings. The first-order valence-electron chi connectivity index (χ1n) is 10.3. The number of guanidine groups is 1. The summed E-state index contributed by atoms with van der Waals surface area (Å²) in [6, 6.07) is 16.9. The largest absolute Gasteiger partial charge is 0.454 e. The Morgan fingerprint density at radius 3 is 2.59 bits per heavy atom. The Morgan fingerprint density at radius 2 is 1.79 bits per heavy atom. The van der Waals surface area contributed by atoms with E-state index in [1.807, 2.05) is 19.2 Å². The average molecular weight is 396 g/mol. The third kappa shape index (κ3) is 4.65. The van der Waals surface area contributed by atoms with Crippen LogP contribution in [0.15, 0.2) is 53.5 Å². The van der Waals surface area contributed by atoms with Gasteiger partial charge in [0, 0.05) is 38.8 Å². The van der Waals surface area contributed by atoms with Gasteiger partial charge in [-0.3, -0.25) is 4.99 Å². The van der Waals surface area contributed by atoms with E-state index in [1.165, 1.54) is 11.1 Å². The van der Waals surface area contributed by atoms with E-state index in [0.29, 0.717) is 6.79 Å². The Kier molecular flexibility index (Phi) is 6.20. The van der Waals surface area contributed by atoms with Gasteiger partial charge in [-0.2, -0.15) is 0 Å². The molecule has 0 aliphatic carbocycles. The minimum Gasteiger partial charge on any atom is -0.454 e. The summed E-state index contributed by atoms with van der Waals surface area (Å²) < 4.78 is 16.5. The minimum absolute atomic E-state index is 0.0778. The molecule has 0 amide bonds. The van der Waals surface area contributed by atoms with Gasteiger partial charge in [0.2, 0.25) is 6.79 Å². The molecule has 29 heavy (non-hydrogen) atoms. The molecule has 6 heteroatoms. The number of hydrogen-bond acceptors (Lipinski definition) is 4. The van der Waals surface area contributed by atoms with Gasteiger partial charge in [0.15, 0.2) is 17.5 Å². The van der Waals surface area contributed by atoms with Gasteiger partial charge in [-0.15, -0.1) is 0 Å². The van der Waals surface area contributed by atoms with Gasteiger partial charge >= 0.3 is 0 Å². The van der Waals surface area contributed by atoms with Crippen molar-refractivity contribution in [3.63, 3.8) is 0 Å². The van der Waals surface area contributed by atoms with E-state index in [0.717, 1.165) is 63.0 Å². The highest BCUT2D eigenvalue weighted by Crippen LogP contribution is 2.34. The molecule has 6 nitrogen and oxygen atoms in total. The molecule has 154 valence electrons. The summed E-state index contributed by atoms with van der Waals surface area (Å²) in [4.78, 5) is 4.40. The summed E-state index contributed by atoms with van der Waals surface area (Å²) in [6.07, 6.45) is 2.91. The first-order chi connectivity index (χ1) is 14.3. The van der Waals surface area contributed by atoms with Crippen molar-refractivity contribution in [1.29, 1.82) is 0 Å². The van der Waals surface area contributed by atoms with Gasteiger partial charge in [-0.1, -0.05) is 36.4 Å². The molecular weight excluding hydrogens is 366 g/mol. The third-order valence-electron chi connectivity index (χ3n) is 5.80. The monoisotopic (exact) mass is 395 g/mol. The van der Waals surface area contributed by atoms with Crippen molar-refractivity contribution in [2.24, 2.45) is 4.99 Å². The maximum Gasteiger partial charge on any atom is 0.231 e. The maximum atomic E-state index is 5.63. The number of aliphatic imine (C=N–C) groups is 1. The van der Waals surface area contributed by atoms with E-state index in [2.05, 4.69) is 52.0 Å². The number of benzene rings is 2. The zero-order chi connectivity index (χ0) is 19.9. The fourth-order valence-corrected chi connectivity index (χ4v) is 4.02. The van der Waals surface area contributed by atoms with Crippen LogP contribution in [0.25, 0.3) is 0 Å². The molecule has 2 aliphatic heterocycles. The Balaban J connectivity index is 1.32. The maximum absolute atomic E-state index is 5.63. The van der Waals surface area contributed by atoms with Crippen LogP contribution in [0.4, 0.5) is 0 Å². The van der Waals surface area contributed by atoms with E-state index >= 15 is 0 Å². The first-order valence-corrected chi connectivity index (χ1v) is 10.3. The lowest BCUT2D eigenvalue weighted by atomic mass is 9.74. The highest BCUT2D eigenvalue weighted by Gasteiger charge is 2.34. The van der Waals surface area contributed by atoms with Gasteiger partial charge in [0.05, 0.1) is 0 Å². The molecule has 0 aromatic heterocycles. The van der Waals surface area contributed by atoms with Crippen molar-refractivity contribution < 1.29 is 14.2 Å². The molecule has 2 aliphatic rings. The van der Waals surface area contributed by atoms with Crippen LogP contribution >= 0.6 is 0 Å². The molecule has 2 heterocycles. The smallest absolute Gasteiger partial charge is 0.231 e. The van der Waals surface area contributed by atoms with Gasteiger partial charge in [-0.25, -0.2) is 0 Å². The standard InChI is InChI=1S/C23H29N3O3/c1-24-22(25-12-9-18-7-8-20-21(15-18)29-17-28-20)26-16-23(10-13-27-14-11-23)19-5-3-2-4-6-19/h2-8,15H,9-14,16-17H2,1H3,(H2,24,25,26). The minimum atomic E-state index is 0.0778. The van der Waals surface area contributed by atoms with Crippen LogP contribution in [0.3, 0.4) is 0 Å². The highest BCUT2D eigenvalue weighted by atomic mass is 16.7. The van der Waals surface area contributed by atoms with E-state index in [1.54, 1.807) is 0 Å². The Labute approximate surface area is 172 Å². The van der Waals surface area contributed by atoms with Crippen molar-refractivity contribution in [3.8, 4) is 11.5 Å². The predicted molar refractivity (Wildman–Crippen MR) is 114 cm³/mol. The Morgan fingerprint density at radius 1 is 1.00 bits per heavy atom. The molecule has 0 spiro atoms. The molecule has 1 fully saturated rings. The number of hydrogen-bond donors (Lipinski definition) is 2. The van der Waals surface area contributed by atoms with Gasteiger partial charge in [-0.05, 0) is 42.5 Å². The second kappa shape index (κ2) is 9.18. The fourth-order valence-electron chi connectivity index (χ4n) is 4.02. The fraction of sp³-hybridized carbons (Fsp3) is 0.435. The lowest BCUT2D eigenvalue weighted by Gasteiger charge is -2.38. The number of nitrogens with one attached hydrogen (secondary N) is 2. The number of ether oxygens (including phenoxy) is 3. The van der Waals surface area contributed by atoms with Gasteiger partial charge in [0.25, 0.3) is 0 Å². The summed E-state index contributed by atoms with van der Waals surface area (Å²) in [7, 11) is 1.81. The molecule has 2 aromatic carbocycles. The number of nitrogens with zero attached hydrogens (tertiary/aromatic N) is 1. The van der Waals surface area contributed by atoms with E-state index in [-0.39, 0.29) is 5.41 Å². The first kappa shape index (κ1) is 19.6. The van der Waals surface area contributed by atoms with Crippen LogP contribution < -0.4 is 20.1 Å². The van der Waals surface area contributed by atoms with Crippen molar-refractivity contribution in [3.05, 3.63) is 59.7 Å². The summed E-state index contributed by atoms with van der Waals surface area (Å²) in [5, 5.41) is 6.97. The van der Waals surface area contributed by atoms with Crippen molar-refractivity contribution in [1.82, 2.24) is 10.6 Å². The molecule has 0 saturated carbocycles. The van der Waals surface area contributed by atoms with Crippen LogP contribution in [0.2, 0.25) is 0 Å². The average Bonchev–Trinajstić information content (AvgIpc) is 3.25. The van der Waals surface area contributed by atoms with Crippen LogP contribution in [0, 0.1) is 0 Å². The Hall–Kier alpha value is -2.73. The highest BCUT2D eigenvalue weighted by molar-refractivity contribution is 5.79. The zero-order valence-corrected chi connectivity index (χ0v) is 16.9. The molecule has 1 saturated heterocycles. The normalized spacial score (nSPS) is 17.8. The van der Waals surface area contributed by atoms with Crippen molar-refractivity contribution in [2.75, 3.05) is 40.1 Å². The lowest BCUT2D eigenvalue weighted by molar-refractivity contribution is 0.0514. The molecular formula is C23H29N3O3. The lowest BCUT2D eigenvalue weighted by Crippen LogP contribution is -2.48. The predicted octanol–water partition coefficient (Wildman–Crippen LogP) is 2.87. The SMILES string of the molecule is CN=C(NCCc1ccc2c(c1)OCO2)NCC1(c2ccccc2)CCOCC1. The van der Waals surface area contributed by atoms with Crippen LogP contribution in [-0.2, 0) is 16.6 Å². The summed E-state index contributed by atoms with van der Waals surface area (Å²) in [5.74, 6) is 2.48. The molecule has 0 bridgehead atoms. The quantitative estimate of drug-likeness (QED) is 0.582. The third-order valence-corrected chi connectivity index (χ3v) is 5.80. The van der Waals surface area contributed by atoms with E-state index in [4.69, 9.17) is 14.2 Å². The number of rotatable bonds is 6. The second-order valence-electron chi connectivity index (χ2n) is 7.55. The molecule has 0 atom stereocenters.